The van der Waals surface area contributed by atoms with Crippen molar-refractivity contribution in [3.8, 4) is 11.8 Å². The zero-order valence-electron chi connectivity index (χ0n) is 11.1. The van der Waals surface area contributed by atoms with Gasteiger partial charge in [-0.15, -0.1) is 0 Å². The predicted octanol–water partition coefficient (Wildman–Crippen LogP) is 2.82. The van der Waals surface area contributed by atoms with Gasteiger partial charge in [-0.1, -0.05) is 18.2 Å². The number of ether oxygens (including phenoxy) is 2. The molecule has 106 valence electrons. The summed E-state index contributed by atoms with van der Waals surface area (Å²) in [5.74, 6) is -0.559. The van der Waals surface area contributed by atoms with Crippen molar-refractivity contribution < 1.29 is 18.7 Å². The summed E-state index contributed by atoms with van der Waals surface area (Å²) in [5, 5.41) is 8.91. The Morgan fingerprint density at radius 2 is 1.86 bits per heavy atom. The third kappa shape index (κ3) is 4.32. The van der Waals surface area contributed by atoms with Gasteiger partial charge in [-0.2, -0.15) is 5.26 Å². The molecule has 0 aliphatic carbocycles. The molecule has 0 amide bonds. The van der Waals surface area contributed by atoms with Crippen molar-refractivity contribution in [2.45, 2.75) is 6.61 Å². The van der Waals surface area contributed by atoms with Crippen LogP contribution in [0, 0.1) is 17.1 Å². The molecule has 0 aromatic heterocycles. The number of nitrogens with zero attached hydrogens (tertiary/aromatic N) is 1. The fourth-order valence-electron chi connectivity index (χ4n) is 1.63. The van der Waals surface area contributed by atoms with Gasteiger partial charge in [-0.3, -0.25) is 0 Å². The molecule has 2 rings (SSSR count). The number of esters is 1. The lowest BCUT2D eigenvalue weighted by molar-refractivity contribution is -0.147. The SMILES string of the molecule is N#Cc1ccccc1COC(=O)COc1ccc(F)cc1. The van der Waals surface area contributed by atoms with Crippen molar-refractivity contribution in [3.05, 3.63) is 65.5 Å². The minimum atomic E-state index is -0.563. The maximum absolute atomic E-state index is 12.7. The van der Waals surface area contributed by atoms with E-state index in [2.05, 4.69) is 0 Å². The Morgan fingerprint density at radius 3 is 2.57 bits per heavy atom. The summed E-state index contributed by atoms with van der Waals surface area (Å²) in [6, 6.07) is 14.2. The zero-order chi connectivity index (χ0) is 15.1. The second kappa shape index (κ2) is 7.06. The molecule has 0 N–H and O–H groups in total. The quantitative estimate of drug-likeness (QED) is 0.793. The Labute approximate surface area is 121 Å². The highest BCUT2D eigenvalue weighted by molar-refractivity contribution is 5.71. The van der Waals surface area contributed by atoms with Crippen molar-refractivity contribution in [1.29, 1.82) is 5.26 Å². The lowest BCUT2D eigenvalue weighted by Crippen LogP contribution is -2.15. The summed E-state index contributed by atoms with van der Waals surface area (Å²) < 4.78 is 22.9. The van der Waals surface area contributed by atoms with E-state index >= 15 is 0 Å². The van der Waals surface area contributed by atoms with Gasteiger partial charge in [0.2, 0.25) is 0 Å². The molecule has 0 aliphatic heterocycles. The molecular weight excluding hydrogens is 273 g/mol. The molecule has 2 aromatic rings. The number of rotatable bonds is 5. The molecule has 5 heteroatoms. The van der Waals surface area contributed by atoms with E-state index in [1.807, 2.05) is 6.07 Å². The number of hydrogen-bond donors (Lipinski definition) is 0. The monoisotopic (exact) mass is 285 g/mol. The Balaban J connectivity index is 1.82. The van der Waals surface area contributed by atoms with E-state index in [9.17, 15) is 9.18 Å². The molecule has 4 nitrogen and oxygen atoms in total. The standard InChI is InChI=1S/C16H12FNO3/c17-14-5-7-15(8-6-14)20-11-16(19)21-10-13-4-2-1-3-12(13)9-18/h1-8H,10-11H2. The summed E-state index contributed by atoms with van der Waals surface area (Å²) in [5.41, 5.74) is 1.10. The van der Waals surface area contributed by atoms with Gasteiger partial charge in [0.1, 0.15) is 18.2 Å². The molecule has 0 saturated heterocycles. The summed E-state index contributed by atoms with van der Waals surface area (Å²) in [6.45, 7) is -0.268. The van der Waals surface area contributed by atoms with Crippen LogP contribution in [0.25, 0.3) is 0 Å². The Bertz CT molecular complexity index is 662. The minimum Gasteiger partial charge on any atom is -0.482 e. The summed E-state index contributed by atoms with van der Waals surface area (Å²) in [7, 11) is 0. The first-order chi connectivity index (χ1) is 10.2. The highest BCUT2D eigenvalue weighted by atomic mass is 19.1. The molecule has 0 spiro atoms. The Kier molecular flexibility index (Phi) is 4.89. The van der Waals surface area contributed by atoms with Crippen LogP contribution in [0.5, 0.6) is 5.75 Å². The highest BCUT2D eigenvalue weighted by Crippen LogP contribution is 2.12. The van der Waals surface area contributed by atoms with Crippen LogP contribution in [0.2, 0.25) is 0 Å². The third-order valence-electron chi connectivity index (χ3n) is 2.70. The molecule has 0 heterocycles. The van der Waals surface area contributed by atoms with Crippen LogP contribution in [0.1, 0.15) is 11.1 Å². The lowest BCUT2D eigenvalue weighted by Gasteiger charge is -2.08. The fraction of sp³-hybridized carbons (Fsp3) is 0.125. The molecule has 0 fully saturated rings. The Hall–Kier alpha value is -2.87. The van der Waals surface area contributed by atoms with Crippen LogP contribution in [-0.4, -0.2) is 12.6 Å². The molecule has 0 radical (unpaired) electrons. The Morgan fingerprint density at radius 1 is 1.14 bits per heavy atom. The van der Waals surface area contributed by atoms with Crippen molar-refractivity contribution in [1.82, 2.24) is 0 Å². The van der Waals surface area contributed by atoms with E-state index in [0.29, 0.717) is 16.9 Å². The van der Waals surface area contributed by atoms with Gasteiger partial charge in [0.25, 0.3) is 0 Å². The van der Waals surface area contributed by atoms with Crippen molar-refractivity contribution >= 4 is 5.97 Å². The molecule has 0 aliphatic rings. The van der Waals surface area contributed by atoms with Crippen molar-refractivity contribution in [2.24, 2.45) is 0 Å². The predicted molar refractivity (Wildman–Crippen MR) is 72.8 cm³/mol. The first kappa shape index (κ1) is 14.5. The number of carbonyl (C=O) groups is 1. The number of halogens is 1. The van der Waals surface area contributed by atoms with Crippen LogP contribution in [0.15, 0.2) is 48.5 Å². The number of nitriles is 1. The molecule has 0 unspecified atom stereocenters. The van der Waals surface area contributed by atoms with Crippen LogP contribution in [-0.2, 0) is 16.1 Å². The van der Waals surface area contributed by atoms with Gasteiger partial charge in [-0.25, -0.2) is 9.18 Å². The second-order valence-corrected chi connectivity index (χ2v) is 4.17. The van der Waals surface area contributed by atoms with E-state index in [0.717, 1.165) is 0 Å². The topological polar surface area (TPSA) is 59.3 Å². The van der Waals surface area contributed by atoms with Crippen LogP contribution in [0.3, 0.4) is 0 Å². The molecule has 2 aromatic carbocycles. The number of carbonyl (C=O) groups excluding carboxylic acids is 1. The first-order valence-electron chi connectivity index (χ1n) is 6.21. The average molecular weight is 285 g/mol. The minimum absolute atomic E-state index is 0.00927. The average Bonchev–Trinajstić information content (AvgIpc) is 2.52. The van der Waals surface area contributed by atoms with Crippen LogP contribution in [0.4, 0.5) is 4.39 Å². The van der Waals surface area contributed by atoms with E-state index in [1.165, 1.54) is 24.3 Å². The molecule has 21 heavy (non-hydrogen) atoms. The summed E-state index contributed by atoms with van der Waals surface area (Å²) in [4.78, 5) is 11.6. The molecule has 0 bridgehead atoms. The van der Waals surface area contributed by atoms with Crippen molar-refractivity contribution in [3.63, 3.8) is 0 Å². The zero-order valence-corrected chi connectivity index (χ0v) is 11.1. The highest BCUT2D eigenvalue weighted by Gasteiger charge is 2.07. The first-order valence-corrected chi connectivity index (χ1v) is 6.21. The number of hydrogen-bond acceptors (Lipinski definition) is 4. The number of benzene rings is 2. The second-order valence-electron chi connectivity index (χ2n) is 4.17. The van der Waals surface area contributed by atoms with E-state index in [-0.39, 0.29) is 19.0 Å². The van der Waals surface area contributed by atoms with Gasteiger partial charge in [0.05, 0.1) is 11.6 Å². The maximum atomic E-state index is 12.7. The molecule has 0 saturated carbocycles. The van der Waals surface area contributed by atoms with Gasteiger partial charge >= 0.3 is 5.97 Å². The van der Waals surface area contributed by atoms with Crippen LogP contribution < -0.4 is 4.74 Å². The largest absolute Gasteiger partial charge is 0.482 e. The van der Waals surface area contributed by atoms with Gasteiger partial charge in [0, 0.05) is 5.56 Å². The lowest BCUT2D eigenvalue weighted by atomic mass is 10.1. The van der Waals surface area contributed by atoms with Crippen molar-refractivity contribution in [2.75, 3.05) is 6.61 Å². The maximum Gasteiger partial charge on any atom is 0.344 e. The molecule has 0 atom stereocenters. The summed E-state index contributed by atoms with van der Waals surface area (Å²) in [6.07, 6.45) is 0. The van der Waals surface area contributed by atoms with Gasteiger partial charge in [0.15, 0.2) is 6.61 Å². The van der Waals surface area contributed by atoms with Gasteiger partial charge < -0.3 is 9.47 Å². The van der Waals surface area contributed by atoms with Gasteiger partial charge in [-0.05, 0) is 30.3 Å². The van der Waals surface area contributed by atoms with E-state index in [4.69, 9.17) is 14.7 Å². The third-order valence-corrected chi connectivity index (χ3v) is 2.70. The van der Waals surface area contributed by atoms with Crippen LogP contribution >= 0.6 is 0 Å². The normalized spacial score (nSPS) is 9.71. The van der Waals surface area contributed by atoms with E-state index < -0.39 is 5.97 Å². The molecular formula is C16H12FNO3. The van der Waals surface area contributed by atoms with E-state index in [1.54, 1.807) is 24.3 Å². The summed E-state index contributed by atoms with van der Waals surface area (Å²) >= 11 is 0. The smallest absolute Gasteiger partial charge is 0.344 e. The fourth-order valence-corrected chi connectivity index (χ4v) is 1.63.